The zero-order valence-electron chi connectivity index (χ0n) is 23.5. The molecule has 1 N–H and O–H groups in total. The molecular weight excluding hydrogens is 560 g/mol. The summed E-state index contributed by atoms with van der Waals surface area (Å²) >= 11 is 0. The Morgan fingerprint density at radius 1 is 0.929 bits per heavy atom. The normalized spacial score (nSPS) is 25.0. The van der Waals surface area contributed by atoms with Gasteiger partial charge in [0.05, 0.1) is 23.7 Å². The fourth-order valence-electron chi connectivity index (χ4n) is 6.54. The molecule has 2 aromatic rings. The Balaban J connectivity index is 1.49. The number of hydrogen-bond acceptors (Lipinski definition) is 8. The van der Waals surface area contributed by atoms with Crippen LogP contribution in [0.15, 0.2) is 59.0 Å². The standard InChI is InChI=1S/C30H34N4O7S/c1-31-24-11-4-3-10-23(24)30(29(31)38)25(27(36)28(37)34(30)15-14-32-16-18-41-19-17-32)26(35)21-8-7-9-22(20-21)42(39,40)33-12-5-2-6-13-33/h3-4,7-11,20,35H,2,5-6,12-19H2,1H3/b26-25+. The molecule has 0 radical (unpaired) electrons. The summed E-state index contributed by atoms with van der Waals surface area (Å²) in [6.07, 6.45) is 2.49. The number of piperidine rings is 1. The predicted octanol–water partition coefficient (Wildman–Crippen LogP) is 1.75. The number of carbonyl (C=O) groups excluding carboxylic acids is 3. The Hall–Kier alpha value is -3.58. The molecule has 3 fully saturated rings. The zero-order valence-corrected chi connectivity index (χ0v) is 24.3. The van der Waals surface area contributed by atoms with Gasteiger partial charge in [-0.2, -0.15) is 4.31 Å². The average Bonchev–Trinajstić information content (AvgIpc) is 3.38. The Kier molecular flexibility index (Phi) is 7.42. The number of ether oxygens (including phenoxy) is 1. The van der Waals surface area contributed by atoms with E-state index in [-0.39, 0.29) is 22.6 Å². The molecular formula is C30H34N4O7S. The molecule has 12 heteroatoms. The number of sulfonamides is 1. The molecule has 0 bridgehead atoms. The summed E-state index contributed by atoms with van der Waals surface area (Å²) in [7, 11) is -2.27. The van der Waals surface area contributed by atoms with E-state index in [1.165, 1.54) is 38.4 Å². The van der Waals surface area contributed by atoms with E-state index in [9.17, 15) is 27.9 Å². The van der Waals surface area contributed by atoms with E-state index in [2.05, 4.69) is 4.90 Å². The Morgan fingerprint density at radius 3 is 2.38 bits per heavy atom. The molecule has 2 amide bonds. The highest BCUT2D eigenvalue weighted by atomic mass is 32.2. The molecule has 1 spiro atoms. The van der Waals surface area contributed by atoms with Crippen LogP contribution in [0.5, 0.6) is 0 Å². The lowest BCUT2D eigenvalue weighted by Gasteiger charge is -2.36. The van der Waals surface area contributed by atoms with E-state index < -0.39 is 38.9 Å². The van der Waals surface area contributed by atoms with Crippen LogP contribution in [0.1, 0.15) is 30.4 Å². The fraction of sp³-hybridized carbons (Fsp3) is 0.433. The van der Waals surface area contributed by atoms with Crippen LogP contribution >= 0.6 is 0 Å². The number of aliphatic hydroxyl groups is 1. The number of anilines is 1. The summed E-state index contributed by atoms with van der Waals surface area (Å²) in [5, 5.41) is 11.8. The summed E-state index contributed by atoms with van der Waals surface area (Å²) in [4.78, 5) is 46.4. The lowest BCUT2D eigenvalue weighted by atomic mass is 9.82. The SMILES string of the molecule is CN1C(=O)C2(/C(=C(/O)c3cccc(S(=O)(=O)N4CCCCC4)c3)C(=O)C(=O)N2CCN2CCOCC2)c2ccccc21. The highest BCUT2D eigenvalue weighted by Crippen LogP contribution is 2.53. The predicted molar refractivity (Wildman–Crippen MR) is 154 cm³/mol. The van der Waals surface area contributed by atoms with E-state index in [1.807, 2.05) is 0 Å². The van der Waals surface area contributed by atoms with Crippen LogP contribution in [0.25, 0.3) is 5.76 Å². The largest absolute Gasteiger partial charge is 0.507 e. The van der Waals surface area contributed by atoms with Gasteiger partial charge in [-0.05, 0) is 31.0 Å². The van der Waals surface area contributed by atoms with Crippen LogP contribution < -0.4 is 4.90 Å². The molecule has 11 nitrogen and oxygen atoms in total. The number of likely N-dealkylation sites (N-methyl/N-ethyl adjacent to an activating group) is 1. The van der Waals surface area contributed by atoms with Crippen LogP contribution in [0.4, 0.5) is 5.69 Å². The minimum atomic E-state index is -3.85. The lowest BCUT2D eigenvalue weighted by Crippen LogP contribution is -2.53. The highest BCUT2D eigenvalue weighted by molar-refractivity contribution is 7.89. The number of likely N-dealkylation sites (tertiary alicyclic amines) is 1. The average molecular weight is 595 g/mol. The summed E-state index contributed by atoms with van der Waals surface area (Å²) < 4.78 is 33.7. The minimum Gasteiger partial charge on any atom is -0.507 e. The van der Waals surface area contributed by atoms with Crippen molar-refractivity contribution in [2.24, 2.45) is 0 Å². The van der Waals surface area contributed by atoms with Crippen LogP contribution in [-0.2, 0) is 34.7 Å². The van der Waals surface area contributed by atoms with Crippen LogP contribution in [0, 0.1) is 0 Å². The van der Waals surface area contributed by atoms with Crippen molar-refractivity contribution in [3.8, 4) is 0 Å². The van der Waals surface area contributed by atoms with Gasteiger partial charge in [0.2, 0.25) is 10.0 Å². The number of amides is 2. The number of ketones is 1. The molecule has 2 aromatic carbocycles. The molecule has 42 heavy (non-hydrogen) atoms. The third-order valence-corrected chi connectivity index (χ3v) is 10.6. The quantitative estimate of drug-likeness (QED) is 0.305. The van der Waals surface area contributed by atoms with Crippen molar-refractivity contribution in [2.75, 3.05) is 64.4 Å². The number of fused-ring (bicyclic) bond motifs is 2. The number of aliphatic hydroxyl groups excluding tert-OH is 1. The Bertz CT molecular complexity index is 1580. The topological polar surface area (TPSA) is 128 Å². The number of Topliss-reactive ketones (excluding diaryl/α,β-unsaturated/α-hetero) is 1. The molecule has 0 aromatic heterocycles. The number of benzene rings is 2. The van der Waals surface area contributed by atoms with E-state index >= 15 is 0 Å². The summed E-state index contributed by atoms with van der Waals surface area (Å²) in [6, 6.07) is 12.6. The van der Waals surface area contributed by atoms with Gasteiger partial charge in [0.15, 0.2) is 5.54 Å². The number of hydrogen-bond donors (Lipinski definition) is 1. The van der Waals surface area contributed by atoms with Gasteiger partial charge < -0.3 is 19.6 Å². The van der Waals surface area contributed by atoms with Gasteiger partial charge in [0.1, 0.15) is 5.76 Å². The second-order valence-corrected chi connectivity index (χ2v) is 13.0. The zero-order chi connectivity index (χ0) is 29.6. The third kappa shape index (κ3) is 4.36. The molecule has 4 heterocycles. The molecule has 4 aliphatic rings. The van der Waals surface area contributed by atoms with Gasteiger partial charge in [-0.1, -0.05) is 36.8 Å². The van der Waals surface area contributed by atoms with Crippen molar-refractivity contribution in [3.05, 3.63) is 65.2 Å². The first-order chi connectivity index (χ1) is 20.2. The van der Waals surface area contributed by atoms with Crippen molar-refractivity contribution < 1.29 is 32.6 Å². The van der Waals surface area contributed by atoms with Crippen LogP contribution in [0.3, 0.4) is 0 Å². The first kappa shape index (κ1) is 28.5. The molecule has 0 saturated carbocycles. The number of rotatable bonds is 6. The Morgan fingerprint density at radius 2 is 1.64 bits per heavy atom. The van der Waals surface area contributed by atoms with Crippen molar-refractivity contribution in [2.45, 2.75) is 29.7 Å². The van der Waals surface area contributed by atoms with E-state index in [0.29, 0.717) is 57.2 Å². The molecule has 0 aliphatic carbocycles. The van der Waals surface area contributed by atoms with Crippen molar-refractivity contribution >= 4 is 39.1 Å². The number of nitrogens with zero attached hydrogens (tertiary/aromatic N) is 4. The molecule has 1 atom stereocenters. The van der Waals surface area contributed by atoms with Gasteiger partial charge in [-0.25, -0.2) is 8.42 Å². The monoisotopic (exact) mass is 594 g/mol. The first-order valence-corrected chi connectivity index (χ1v) is 15.7. The van der Waals surface area contributed by atoms with Crippen molar-refractivity contribution in [1.82, 2.24) is 14.1 Å². The third-order valence-electron chi connectivity index (χ3n) is 8.74. The van der Waals surface area contributed by atoms with Gasteiger partial charge in [-0.15, -0.1) is 0 Å². The maximum Gasteiger partial charge on any atom is 0.296 e. The van der Waals surface area contributed by atoms with Crippen molar-refractivity contribution in [1.29, 1.82) is 0 Å². The van der Waals surface area contributed by atoms with Gasteiger partial charge in [-0.3, -0.25) is 19.3 Å². The fourth-order valence-corrected chi connectivity index (χ4v) is 8.10. The second-order valence-electron chi connectivity index (χ2n) is 11.0. The summed E-state index contributed by atoms with van der Waals surface area (Å²) in [5.41, 5.74) is -1.27. The van der Waals surface area contributed by atoms with Gasteiger partial charge in [0, 0.05) is 63.1 Å². The minimum absolute atomic E-state index is 0.0284. The number of carbonyl (C=O) groups is 3. The number of morpholine rings is 1. The highest BCUT2D eigenvalue weighted by Gasteiger charge is 2.66. The maximum absolute atomic E-state index is 14.2. The molecule has 6 rings (SSSR count). The molecule has 4 aliphatic heterocycles. The second kappa shape index (κ2) is 10.9. The lowest BCUT2D eigenvalue weighted by molar-refractivity contribution is -0.144. The van der Waals surface area contributed by atoms with Gasteiger partial charge >= 0.3 is 0 Å². The summed E-state index contributed by atoms with van der Waals surface area (Å²) in [6.45, 7) is 3.69. The molecule has 3 saturated heterocycles. The van der Waals surface area contributed by atoms with Crippen molar-refractivity contribution in [3.63, 3.8) is 0 Å². The molecule has 222 valence electrons. The van der Waals surface area contributed by atoms with Gasteiger partial charge in [0.25, 0.3) is 17.6 Å². The molecule has 1 unspecified atom stereocenters. The smallest absolute Gasteiger partial charge is 0.296 e. The maximum atomic E-state index is 14.2. The summed E-state index contributed by atoms with van der Waals surface area (Å²) in [5.74, 6) is -3.00. The van der Waals surface area contributed by atoms with E-state index in [4.69, 9.17) is 4.74 Å². The van der Waals surface area contributed by atoms with E-state index in [1.54, 1.807) is 31.3 Å². The van der Waals surface area contributed by atoms with E-state index in [0.717, 1.165) is 19.3 Å². The van der Waals surface area contributed by atoms with Crippen LogP contribution in [-0.4, -0.2) is 105 Å². The first-order valence-electron chi connectivity index (χ1n) is 14.3. The Labute approximate surface area is 245 Å². The number of para-hydroxylation sites is 1. The van der Waals surface area contributed by atoms with Crippen LogP contribution in [0.2, 0.25) is 0 Å².